The van der Waals surface area contributed by atoms with Crippen LogP contribution >= 0.6 is 0 Å². The molecule has 0 aliphatic heterocycles. The van der Waals surface area contributed by atoms with E-state index < -0.39 is 0 Å². The largest absolute Gasteiger partial charge is 0.496 e. The minimum atomic E-state index is -0.0772. The number of amides is 1. The summed E-state index contributed by atoms with van der Waals surface area (Å²) in [4.78, 5) is 11.5. The Balaban J connectivity index is 2.11. The molecular weight excluding hydrogens is 258 g/mol. The molecule has 6 nitrogen and oxygen atoms in total. The van der Waals surface area contributed by atoms with Crippen molar-refractivity contribution in [3.63, 3.8) is 0 Å². The van der Waals surface area contributed by atoms with Crippen LogP contribution in [-0.2, 0) is 11.3 Å². The molecule has 0 bridgehead atoms. The quantitative estimate of drug-likeness (QED) is 0.903. The molecule has 0 atom stereocenters. The van der Waals surface area contributed by atoms with Crippen molar-refractivity contribution in [2.45, 2.75) is 20.4 Å². The van der Waals surface area contributed by atoms with Gasteiger partial charge in [-0.2, -0.15) is 0 Å². The van der Waals surface area contributed by atoms with Crippen molar-refractivity contribution in [2.24, 2.45) is 5.92 Å². The SMILES string of the molecule is COc1ccccc1-c1nnc(CNC(=O)C(C)C)o1. The molecule has 1 aromatic carbocycles. The van der Waals surface area contributed by atoms with Gasteiger partial charge in [0.25, 0.3) is 5.89 Å². The van der Waals surface area contributed by atoms with Crippen LogP contribution in [0.3, 0.4) is 0 Å². The van der Waals surface area contributed by atoms with E-state index in [1.54, 1.807) is 7.11 Å². The average molecular weight is 275 g/mol. The lowest BCUT2D eigenvalue weighted by Gasteiger charge is -2.04. The summed E-state index contributed by atoms with van der Waals surface area (Å²) < 4.78 is 10.8. The number of hydrogen-bond acceptors (Lipinski definition) is 5. The Morgan fingerprint density at radius 2 is 2.10 bits per heavy atom. The van der Waals surface area contributed by atoms with Crippen LogP contribution in [-0.4, -0.2) is 23.2 Å². The van der Waals surface area contributed by atoms with Crippen LogP contribution in [0.5, 0.6) is 5.75 Å². The Morgan fingerprint density at radius 1 is 1.35 bits per heavy atom. The lowest BCUT2D eigenvalue weighted by molar-refractivity contribution is -0.124. The Morgan fingerprint density at radius 3 is 2.80 bits per heavy atom. The maximum absolute atomic E-state index is 11.5. The van der Waals surface area contributed by atoms with Gasteiger partial charge in [0.15, 0.2) is 0 Å². The van der Waals surface area contributed by atoms with Crippen molar-refractivity contribution in [1.82, 2.24) is 15.5 Å². The van der Waals surface area contributed by atoms with Gasteiger partial charge in [0.2, 0.25) is 11.8 Å². The van der Waals surface area contributed by atoms with Gasteiger partial charge in [0.1, 0.15) is 5.75 Å². The minimum Gasteiger partial charge on any atom is -0.496 e. The number of nitrogens with zero attached hydrogens (tertiary/aromatic N) is 2. The summed E-state index contributed by atoms with van der Waals surface area (Å²) in [6, 6.07) is 7.38. The highest BCUT2D eigenvalue weighted by Crippen LogP contribution is 2.28. The average Bonchev–Trinajstić information content (AvgIpc) is 2.93. The van der Waals surface area contributed by atoms with Crippen molar-refractivity contribution in [3.8, 4) is 17.2 Å². The molecule has 106 valence electrons. The lowest BCUT2D eigenvalue weighted by atomic mass is 10.2. The van der Waals surface area contributed by atoms with E-state index in [0.717, 1.165) is 5.56 Å². The summed E-state index contributed by atoms with van der Waals surface area (Å²) in [7, 11) is 1.58. The molecule has 1 aromatic heterocycles. The first-order chi connectivity index (χ1) is 9.61. The molecule has 1 amide bonds. The number of hydrogen-bond donors (Lipinski definition) is 1. The zero-order chi connectivity index (χ0) is 14.5. The van der Waals surface area contributed by atoms with Crippen molar-refractivity contribution < 1.29 is 13.9 Å². The first-order valence-electron chi connectivity index (χ1n) is 6.35. The number of carbonyl (C=O) groups is 1. The first kappa shape index (κ1) is 14.0. The Labute approximate surface area is 117 Å². The van der Waals surface area contributed by atoms with Gasteiger partial charge < -0.3 is 14.5 Å². The van der Waals surface area contributed by atoms with Gasteiger partial charge in [-0.05, 0) is 12.1 Å². The van der Waals surface area contributed by atoms with E-state index in [4.69, 9.17) is 9.15 Å². The maximum Gasteiger partial charge on any atom is 0.251 e. The van der Waals surface area contributed by atoms with E-state index in [2.05, 4.69) is 15.5 Å². The molecule has 0 saturated heterocycles. The highest BCUT2D eigenvalue weighted by atomic mass is 16.5. The molecule has 2 rings (SSSR count). The highest BCUT2D eigenvalue weighted by molar-refractivity contribution is 5.77. The second-order valence-corrected chi connectivity index (χ2v) is 4.57. The molecule has 1 N–H and O–H groups in total. The van der Waals surface area contributed by atoms with Crippen LogP contribution in [0.2, 0.25) is 0 Å². The molecule has 2 aromatic rings. The number of para-hydroxylation sites is 1. The van der Waals surface area contributed by atoms with Gasteiger partial charge in [-0.1, -0.05) is 26.0 Å². The molecule has 0 aliphatic rings. The monoisotopic (exact) mass is 275 g/mol. The van der Waals surface area contributed by atoms with Crippen LogP contribution in [0.1, 0.15) is 19.7 Å². The predicted molar refractivity (Wildman–Crippen MR) is 73.0 cm³/mol. The molecule has 20 heavy (non-hydrogen) atoms. The van der Waals surface area contributed by atoms with E-state index in [0.29, 0.717) is 17.5 Å². The van der Waals surface area contributed by atoms with E-state index in [9.17, 15) is 4.79 Å². The molecule has 6 heteroatoms. The Kier molecular flexibility index (Phi) is 4.34. The third-order valence-electron chi connectivity index (χ3n) is 2.74. The summed E-state index contributed by atoms with van der Waals surface area (Å²) in [5.41, 5.74) is 0.726. The van der Waals surface area contributed by atoms with Crippen LogP contribution < -0.4 is 10.1 Å². The van der Waals surface area contributed by atoms with Crippen LogP contribution in [0.25, 0.3) is 11.5 Å². The summed E-state index contributed by atoms with van der Waals surface area (Å²) >= 11 is 0. The summed E-state index contributed by atoms with van der Waals surface area (Å²) in [6.07, 6.45) is 0. The number of carbonyl (C=O) groups excluding carboxylic acids is 1. The van der Waals surface area contributed by atoms with Gasteiger partial charge in [-0.3, -0.25) is 4.79 Å². The molecule has 0 aliphatic carbocycles. The Hall–Kier alpha value is -2.37. The standard InChI is InChI=1S/C14H17N3O3/c1-9(2)13(18)15-8-12-16-17-14(20-12)10-6-4-5-7-11(10)19-3/h4-7,9H,8H2,1-3H3,(H,15,18). The fourth-order valence-electron chi connectivity index (χ4n) is 1.62. The van der Waals surface area contributed by atoms with Gasteiger partial charge >= 0.3 is 0 Å². The Bertz CT molecular complexity index is 593. The van der Waals surface area contributed by atoms with Crippen molar-refractivity contribution >= 4 is 5.91 Å². The van der Waals surface area contributed by atoms with Crippen LogP contribution in [0, 0.1) is 5.92 Å². The zero-order valence-electron chi connectivity index (χ0n) is 11.7. The molecule has 0 unspecified atom stereocenters. The lowest BCUT2D eigenvalue weighted by Crippen LogP contribution is -2.27. The number of nitrogens with one attached hydrogen (secondary N) is 1. The van der Waals surface area contributed by atoms with Crippen molar-refractivity contribution in [3.05, 3.63) is 30.2 Å². The van der Waals surface area contributed by atoms with Gasteiger partial charge in [-0.15, -0.1) is 10.2 Å². The predicted octanol–water partition coefficient (Wildman–Crippen LogP) is 2.02. The normalized spacial score (nSPS) is 10.6. The summed E-state index contributed by atoms with van der Waals surface area (Å²) in [5.74, 6) is 1.26. The molecule has 0 spiro atoms. The molecule has 0 radical (unpaired) electrons. The molecule has 0 saturated carbocycles. The van der Waals surface area contributed by atoms with E-state index in [1.165, 1.54) is 0 Å². The number of rotatable bonds is 5. The fraction of sp³-hybridized carbons (Fsp3) is 0.357. The van der Waals surface area contributed by atoms with E-state index in [1.807, 2.05) is 38.1 Å². The summed E-state index contributed by atoms with van der Waals surface area (Å²) in [6.45, 7) is 3.87. The molecule has 1 heterocycles. The smallest absolute Gasteiger partial charge is 0.251 e. The number of methoxy groups -OCH3 is 1. The van der Waals surface area contributed by atoms with Gasteiger partial charge in [0, 0.05) is 5.92 Å². The van der Waals surface area contributed by atoms with Crippen molar-refractivity contribution in [1.29, 1.82) is 0 Å². The zero-order valence-corrected chi connectivity index (χ0v) is 11.7. The first-order valence-corrected chi connectivity index (χ1v) is 6.35. The fourth-order valence-corrected chi connectivity index (χ4v) is 1.62. The minimum absolute atomic E-state index is 0.0537. The topological polar surface area (TPSA) is 77.3 Å². The summed E-state index contributed by atoms with van der Waals surface area (Å²) in [5, 5.41) is 10.6. The maximum atomic E-state index is 11.5. The van der Waals surface area contributed by atoms with Gasteiger partial charge in [0.05, 0.1) is 19.2 Å². The van der Waals surface area contributed by atoms with E-state index >= 15 is 0 Å². The highest BCUT2D eigenvalue weighted by Gasteiger charge is 2.14. The van der Waals surface area contributed by atoms with Crippen LogP contribution in [0.4, 0.5) is 0 Å². The second kappa shape index (κ2) is 6.18. The number of benzene rings is 1. The van der Waals surface area contributed by atoms with Crippen molar-refractivity contribution in [2.75, 3.05) is 7.11 Å². The molecular formula is C14H17N3O3. The van der Waals surface area contributed by atoms with Crippen LogP contribution in [0.15, 0.2) is 28.7 Å². The second-order valence-electron chi connectivity index (χ2n) is 4.57. The van der Waals surface area contributed by atoms with Gasteiger partial charge in [-0.25, -0.2) is 0 Å². The third-order valence-corrected chi connectivity index (χ3v) is 2.74. The van der Waals surface area contributed by atoms with E-state index in [-0.39, 0.29) is 18.4 Å². The molecule has 0 fully saturated rings. The third kappa shape index (κ3) is 3.14. The number of ether oxygens (including phenoxy) is 1. The number of aromatic nitrogens is 2.